The summed E-state index contributed by atoms with van der Waals surface area (Å²) < 4.78 is 16.2. The molecule has 0 saturated heterocycles. The second-order valence-corrected chi connectivity index (χ2v) is 5.50. The normalized spacial score (nSPS) is 13.3. The molecule has 0 fully saturated rings. The number of rotatable bonds is 10. The lowest BCUT2D eigenvalue weighted by molar-refractivity contribution is -0.142. The third-order valence-electron chi connectivity index (χ3n) is 4.14. The standard InChI is InChI=1S/C17H27NO5/c1-5-11(6-12(10-18)17(19)20)7-14-15(22-3)8-13(21-2)9-16(14)23-4/h8-9,11-12H,5-7,10,18H2,1-4H3,(H,19,20). The SMILES string of the molecule is CCC(Cc1c(OC)cc(OC)cc1OC)CC(CN)C(=O)O. The zero-order chi connectivity index (χ0) is 17.4. The summed E-state index contributed by atoms with van der Waals surface area (Å²) in [6.45, 7) is 2.19. The number of ether oxygens (including phenoxy) is 3. The molecule has 0 heterocycles. The van der Waals surface area contributed by atoms with Gasteiger partial charge in [-0.2, -0.15) is 0 Å². The molecule has 0 aliphatic carbocycles. The maximum absolute atomic E-state index is 11.2. The Morgan fingerprint density at radius 3 is 2.09 bits per heavy atom. The lowest BCUT2D eigenvalue weighted by Crippen LogP contribution is -2.26. The number of methoxy groups -OCH3 is 3. The van der Waals surface area contributed by atoms with Crippen LogP contribution in [-0.2, 0) is 11.2 Å². The van der Waals surface area contributed by atoms with Crippen LogP contribution in [-0.4, -0.2) is 38.9 Å². The van der Waals surface area contributed by atoms with Crippen molar-refractivity contribution in [1.82, 2.24) is 0 Å². The minimum absolute atomic E-state index is 0.142. The van der Waals surface area contributed by atoms with Gasteiger partial charge in [-0.05, 0) is 18.8 Å². The molecule has 6 heteroatoms. The molecule has 0 saturated carbocycles. The second kappa shape index (κ2) is 9.25. The summed E-state index contributed by atoms with van der Waals surface area (Å²) in [6, 6.07) is 3.62. The smallest absolute Gasteiger partial charge is 0.307 e. The van der Waals surface area contributed by atoms with E-state index in [1.807, 2.05) is 19.1 Å². The van der Waals surface area contributed by atoms with Gasteiger partial charge in [-0.15, -0.1) is 0 Å². The Hall–Kier alpha value is -1.95. The highest BCUT2D eigenvalue weighted by molar-refractivity contribution is 5.70. The van der Waals surface area contributed by atoms with Crippen LogP contribution in [0.1, 0.15) is 25.3 Å². The zero-order valence-electron chi connectivity index (χ0n) is 14.3. The molecule has 0 amide bonds. The van der Waals surface area contributed by atoms with Crippen molar-refractivity contribution < 1.29 is 24.1 Å². The average Bonchev–Trinajstić information content (AvgIpc) is 2.57. The van der Waals surface area contributed by atoms with E-state index in [1.54, 1.807) is 21.3 Å². The molecule has 0 radical (unpaired) electrons. The molecule has 0 aromatic heterocycles. The number of carbonyl (C=O) groups is 1. The van der Waals surface area contributed by atoms with Gasteiger partial charge in [0.2, 0.25) is 0 Å². The van der Waals surface area contributed by atoms with Gasteiger partial charge in [-0.25, -0.2) is 0 Å². The largest absolute Gasteiger partial charge is 0.496 e. The van der Waals surface area contributed by atoms with Crippen LogP contribution in [0.25, 0.3) is 0 Å². The van der Waals surface area contributed by atoms with Crippen LogP contribution in [0.15, 0.2) is 12.1 Å². The van der Waals surface area contributed by atoms with Crippen LogP contribution in [0.2, 0.25) is 0 Å². The number of aliphatic carboxylic acids is 1. The Kier molecular flexibility index (Phi) is 7.68. The van der Waals surface area contributed by atoms with Crippen molar-refractivity contribution >= 4 is 5.97 Å². The van der Waals surface area contributed by atoms with Gasteiger partial charge < -0.3 is 25.1 Å². The number of hydrogen-bond acceptors (Lipinski definition) is 5. The fourth-order valence-corrected chi connectivity index (χ4v) is 2.66. The molecule has 1 aromatic carbocycles. The highest BCUT2D eigenvalue weighted by Gasteiger charge is 2.23. The van der Waals surface area contributed by atoms with Gasteiger partial charge in [0.05, 0.1) is 27.2 Å². The van der Waals surface area contributed by atoms with Crippen molar-refractivity contribution in [3.05, 3.63) is 17.7 Å². The fourth-order valence-electron chi connectivity index (χ4n) is 2.66. The van der Waals surface area contributed by atoms with Gasteiger partial charge in [0.15, 0.2) is 0 Å². The first-order valence-electron chi connectivity index (χ1n) is 7.72. The Bertz CT molecular complexity index is 493. The van der Waals surface area contributed by atoms with E-state index in [2.05, 4.69) is 0 Å². The fraction of sp³-hybridized carbons (Fsp3) is 0.588. The van der Waals surface area contributed by atoms with Crippen molar-refractivity contribution in [3.63, 3.8) is 0 Å². The van der Waals surface area contributed by atoms with E-state index in [0.717, 1.165) is 12.0 Å². The Morgan fingerprint density at radius 1 is 1.17 bits per heavy atom. The molecule has 0 bridgehead atoms. The molecule has 0 aliphatic heterocycles. The minimum Gasteiger partial charge on any atom is -0.496 e. The topological polar surface area (TPSA) is 91.0 Å². The first-order valence-corrected chi connectivity index (χ1v) is 7.72. The van der Waals surface area contributed by atoms with Crippen molar-refractivity contribution in [2.24, 2.45) is 17.6 Å². The van der Waals surface area contributed by atoms with Crippen LogP contribution in [0, 0.1) is 11.8 Å². The van der Waals surface area contributed by atoms with Crippen LogP contribution >= 0.6 is 0 Å². The van der Waals surface area contributed by atoms with E-state index in [1.165, 1.54) is 0 Å². The number of benzene rings is 1. The molecule has 1 rings (SSSR count). The van der Waals surface area contributed by atoms with Crippen LogP contribution < -0.4 is 19.9 Å². The summed E-state index contributed by atoms with van der Waals surface area (Å²) in [5, 5.41) is 9.21. The molecule has 1 aromatic rings. The molecule has 6 nitrogen and oxygen atoms in total. The van der Waals surface area contributed by atoms with Gasteiger partial charge in [0.25, 0.3) is 0 Å². The maximum Gasteiger partial charge on any atom is 0.307 e. The molecule has 2 unspecified atom stereocenters. The minimum atomic E-state index is -0.848. The first kappa shape index (κ1) is 19.1. The van der Waals surface area contributed by atoms with Crippen molar-refractivity contribution in [2.75, 3.05) is 27.9 Å². The lowest BCUT2D eigenvalue weighted by atomic mass is 9.87. The summed E-state index contributed by atoms with van der Waals surface area (Å²) in [5.74, 6) is 0.810. The van der Waals surface area contributed by atoms with Gasteiger partial charge >= 0.3 is 5.97 Å². The molecule has 130 valence electrons. The summed E-state index contributed by atoms with van der Waals surface area (Å²) >= 11 is 0. The van der Waals surface area contributed by atoms with Gasteiger partial charge in [-0.1, -0.05) is 13.3 Å². The summed E-state index contributed by atoms with van der Waals surface area (Å²) in [7, 11) is 4.78. The third kappa shape index (κ3) is 5.03. The molecular weight excluding hydrogens is 298 g/mol. The van der Waals surface area contributed by atoms with Gasteiger partial charge in [-0.3, -0.25) is 4.79 Å². The first-order chi connectivity index (χ1) is 11.0. The van der Waals surface area contributed by atoms with Crippen molar-refractivity contribution in [2.45, 2.75) is 26.2 Å². The Balaban J connectivity index is 3.06. The van der Waals surface area contributed by atoms with E-state index in [-0.39, 0.29) is 12.5 Å². The average molecular weight is 325 g/mol. The molecule has 0 aliphatic rings. The van der Waals surface area contributed by atoms with Crippen molar-refractivity contribution in [3.8, 4) is 17.2 Å². The number of hydrogen-bond donors (Lipinski definition) is 2. The summed E-state index contributed by atoms with van der Waals surface area (Å²) in [4.78, 5) is 11.2. The van der Waals surface area contributed by atoms with Gasteiger partial charge in [0, 0.05) is 24.2 Å². The van der Waals surface area contributed by atoms with Crippen LogP contribution in [0.4, 0.5) is 0 Å². The van der Waals surface area contributed by atoms with Crippen LogP contribution in [0.5, 0.6) is 17.2 Å². The van der Waals surface area contributed by atoms with E-state index in [4.69, 9.17) is 19.9 Å². The number of carboxylic acid groups (broad SMARTS) is 1. The monoisotopic (exact) mass is 325 g/mol. The highest BCUT2D eigenvalue weighted by atomic mass is 16.5. The predicted octanol–water partition coefficient (Wildman–Crippen LogP) is 2.33. The highest BCUT2D eigenvalue weighted by Crippen LogP contribution is 2.37. The molecule has 0 spiro atoms. The van der Waals surface area contributed by atoms with Crippen molar-refractivity contribution in [1.29, 1.82) is 0 Å². The summed E-state index contributed by atoms with van der Waals surface area (Å²) in [6.07, 6.45) is 2.04. The molecule has 2 atom stereocenters. The quantitative estimate of drug-likeness (QED) is 0.686. The van der Waals surface area contributed by atoms with E-state index >= 15 is 0 Å². The number of nitrogens with two attached hydrogens (primary N) is 1. The van der Waals surface area contributed by atoms with E-state index < -0.39 is 11.9 Å². The lowest BCUT2D eigenvalue weighted by Gasteiger charge is -2.22. The predicted molar refractivity (Wildman–Crippen MR) is 88.4 cm³/mol. The van der Waals surface area contributed by atoms with Gasteiger partial charge in [0.1, 0.15) is 17.2 Å². The molecular formula is C17H27NO5. The molecule has 23 heavy (non-hydrogen) atoms. The zero-order valence-corrected chi connectivity index (χ0v) is 14.3. The Labute approximate surface area is 137 Å². The maximum atomic E-state index is 11.2. The second-order valence-electron chi connectivity index (χ2n) is 5.50. The summed E-state index contributed by atoms with van der Waals surface area (Å²) in [5.41, 5.74) is 6.49. The Morgan fingerprint density at radius 2 is 1.74 bits per heavy atom. The van der Waals surface area contributed by atoms with Crippen LogP contribution in [0.3, 0.4) is 0 Å². The number of carboxylic acids is 1. The molecule has 3 N–H and O–H groups in total. The van der Waals surface area contributed by atoms with E-state index in [0.29, 0.717) is 30.1 Å². The third-order valence-corrected chi connectivity index (χ3v) is 4.14. The van der Waals surface area contributed by atoms with E-state index in [9.17, 15) is 9.90 Å².